The molecule has 1 aromatic heterocycles. The summed E-state index contributed by atoms with van der Waals surface area (Å²) >= 11 is 0. The van der Waals surface area contributed by atoms with Gasteiger partial charge in [0, 0.05) is 12.0 Å². The predicted molar refractivity (Wildman–Crippen MR) is 149 cm³/mol. The van der Waals surface area contributed by atoms with Crippen molar-refractivity contribution in [2.45, 2.75) is 56.8 Å². The largest absolute Gasteiger partial charge is 0.569 e. The van der Waals surface area contributed by atoms with Gasteiger partial charge in [0.25, 0.3) is 22.7 Å². The van der Waals surface area contributed by atoms with Gasteiger partial charge in [-0.25, -0.2) is 22.6 Å². The molecule has 2 heterocycles. The van der Waals surface area contributed by atoms with Gasteiger partial charge in [-0.3, -0.25) is 4.79 Å². The summed E-state index contributed by atoms with van der Waals surface area (Å²) in [6.07, 6.45) is -5.66. The Bertz CT molecular complexity index is 1680. The number of hydrazine groups is 1. The van der Waals surface area contributed by atoms with Crippen LogP contribution < -0.4 is 4.72 Å². The van der Waals surface area contributed by atoms with Gasteiger partial charge in [-0.2, -0.15) is 18.3 Å². The first kappa shape index (κ1) is 33.0. The molecule has 1 amide bonds. The van der Waals surface area contributed by atoms with Gasteiger partial charge in [-0.1, -0.05) is 29.8 Å². The summed E-state index contributed by atoms with van der Waals surface area (Å²) in [5.74, 6) is -1.03. The summed E-state index contributed by atoms with van der Waals surface area (Å²) < 4.78 is 78.7. The molecule has 0 aliphatic carbocycles. The number of halogens is 3. The molecule has 1 atom stereocenters. The molecular formula is C27H29F3N6O8S. The van der Waals surface area contributed by atoms with Crippen LogP contribution in [0.4, 0.5) is 18.0 Å². The lowest BCUT2D eigenvalue weighted by Gasteiger charge is -2.33. The number of hydrogen-bond acceptors (Lipinski definition) is 10. The van der Waals surface area contributed by atoms with Gasteiger partial charge in [0.15, 0.2) is 11.7 Å². The Morgan fingerprint density at radius 3 is 2.31 bits per heavy atom. The monoisotopic (exact) mass is 654 g/mol. The standard InChI is InChI=1S/C27H29F3N6O8S/c1-17-5-7-18(8-6-17)22-15-23(27(28,29)30)31-35(22)19-9-11-20(12-10-19)45(40,41)32-24(37)21-13-14-34(21)36(39)33-43-16-42-25(38)44-26(2,3)4/h5-12,15,21H,13-14,16H2,1-4H3,(H,32,37)/b36-33+/t21-/m0/s1. The second-order valence-corrected chi connectivity index (χ2v) is 12.5. The third kappa shape index (κ3) is 8.20. The van der Waals surface area contributed by atoms with Gasteiger partial charge >= 0.3 is 12.3 Å². The van der Waals surface area contributed by atoms with E-state index in [4.69, 9.17) is 4.74 Å². The molecular weight excluding hydrogens is 625 g/mol. The van der Waals surface area contributed by atoms with Crippen molar-refractivity contribution in [1.29, 1.82) is 0 Å². The minimum atomic E-state index is -4.72. The second kappa shape index (κ2) is 12.6. The highest BCUT2D eigenvalue weighted by Crippen LogP contribution is 2.33. The van der Waals surface area contributed by atoms with E-state index in [1.54, 1.807) is 45.0 Å². The smallest absolute Gasteiger partial charge is 0.511 e. The number of hydrogen-bond donors (Lipinski definition) is 1. The van der Waals surface area contributed by atoms with Gasteiger partial charge in [-0.05, 0) is 58.0 Å². The second-order valence-electron chi connectivity index (χ2n) is 10.8. The molecule has 1 aliphatic heterocycles. The van der Waals surface area contributed by atoms with E-state index < -0.39 is 52.4 Å². The molecule has 2 aromatic carbocycles. The number of aryl methyl sites for hydroxylation is 1. The molecule has 18 heteroatoms. The van der Waals surface area contributed by atoms with Crippen LogP contribution in [-0.4, -0.2) is 65.2 Å². The molecule has 1 saturated heterocycles. The van der Waals surface area contributed by atoms with E-state index in [0.29, 0.717) is 5.56 Å². The average molecular weight is 655 g/mol. The van der Waals surface area contributed by atoms with E-state index in [-0.39, 0.29) is 34.2 Å². The van der Waals surface area contributed by atoms with Crippen molar-refractivity contribution in [2.75, 3.05) is 13.3 Å². The zero-order valence-electron chi connectivity index (χ0n) is 24.4. The Hall–Kier alpha value is -4.87. The van der Waals surface area contributed by atoms with Crippen LogP contribution in [0.5, 0.6) is 0 Å². The Kier molecular flexibility index (Phi) is 9.27. The summed E-state index contributed by atoms with van der Waals surface area (Å²) in [4.78, 5) is 28.3. The number of rotatable bonds is 9. The van der Waals surface area contributed by atoms with Crippen molar-refractivity contribution in [3.8, 4) is 16.9 Å². The topological polar surface area (TPSA) is 167 Å². The zero-order valence-corrected chi connectivity index (χ0v) is 25.3. The van der Waals surface area contributed by atoms with Crippen LogP contribution in [0.25, 0.3) is 16.9 Å². The third-order valence-corrected chi connectivity index (χ3v) is 7.60. The summed E-state index contributed by atoms with van der Waals surface area (Å²) in [5, 5.41) is 19.9. The van der Waals surface area contributed by atoms with Crippen LogP contribution in [0, 0.1) is 12.1 Å². The summed E-state index contributed by atoms with van der Waals surface area (Å²) in [7, 11) is -4.45. The van der Waals surface area contributed by atoms with Gasteiger partial charge in [0.1, 0.15) is 5.60 Å². The van der Waals surface area contributed by atoms with Crippen molar-refractivity contribution >= 4 is 22.1 Å². The minimum Gasteiger partial charge on any atom is -0.569 e. The number of carbonyl (C=O) groups is 2. The number of ether oxygens (including phenoxy) is 2. The fourth-order valence-electron chi connectivity index (χ4n) is 3.99. The molecule has 4 rings (SSSR count). The number of alkyl halides is 3. The van der Waals surface area contributed by atoms with E-state index in [1.807, 2.05) is 11.6 Å². The maximum absolute atomic E-state index is 13.5. The van der Waals surface area contributed by atoms with Gasteiger partial charge < -0.3 is 19.5 Å². The Morgan fingerprint density at radius 2 is 1.76 bits per heavy atom. The Morgan fingerprint density at radius 1 is 1.11 bits per heavy atom. The molecule has 0 radical (unpaired) electrons. The van der Waals surface area contributed by atoms with Crippen molar-refractivity contribution in [3.05, 3.63) is 71.1 Å². The average Bonchev–Trinajstić information content (AvgIpc) is 3.36. The quantitative estimate of drug-likeness (QED) is 0.0869. The van der Waals surface area contributed by atoms with Crippen LogP contribution in [0.15, 0.2) is 64.8 Å². The van der Waals surface area contributed by atoms with Crippen molar-refractivity contribution < 1.29 is 50.5 Å². The molecule has 242 valence electrons. The molecule has 14 nitrogen and oxygen atoms in total. The van der Waals surface area contributed by atoms with Crippen LogP contribution in [0.1, 0.15) is 38.4 Å². The molecule has 0 saturated carbocycles. The van der Waals surface area contributed by atoms with Gasteiger partial charge in [0.05, 0.1) is 27.8 Å². The van der Waals surface area contributed by atoms with E-state index in [1.165, 1.54) is 12.1 Å². The van der Waals surface area contributed by atoms with Crippen molar-refractivity contribution in [2.24, 2.45) is 5.28 Å². The highest BCUT2D eigenvalue weighted by atomic mass is 32.2. The number of amides is 1. The number of benzene rings is 2. The lowest BCUT2D eigenvalue weighted by molar-refractivity contribution is -0.729. The summed E-state index contributed by atoms with van der Waals surface area (Å²) in [5.41, 5.74) is -0.325. The Labute approximate surface area is 255 Å². The number of aromatic nitrogens is 2. The number of nitrogens with one attached hydrogen (secondary N) is 1. The van der Waals surface area contributed by atoms with Crippen LogP contribution in [0.3, 0.4) is 0 Å². The van der Waals surface area contributed by atoms with Crippen molar-refractivity contribution in [1.82, 2.24) is 19.5 Å². The molecule has 3 aromatic rings. The minimum absolute atomic E-state index is 0.0449. The first-order valence-electron chi connectivity index (χ1n) is 13.3. The van der Waals surface area contributed by atoms with E-state index in [9.17, 15) is 36.4 Å². The van der Waals surface area contributed by atoms with Crippen LogP contribution in [0.2, 0.25) is 0 Å². The highest BCUT2D eigenvalue weighted by Gasteiger charge is 2.42. The predicted octanol–water partition coefficient (Wildman–Crippen LogP) is 4.46. The maximum Gasteiger partial charge on any atom is 0.511 e. The third-order valence-electron chi connectivity index (χ3n) is 6.23. The fraction of sp³-hybridized carbons (Fsp3) is 0.370. The van der Waals surface area contributed by atoms with Crippen LogP contribution in [-0.2, 0) is 35.3 Å². The number of nitrogens with zero attached hydrogens (tertiary/aromatic N) is 5. The zero-order chi connectivity index (χ0) is 33.2. The Balaban J connectivity index is 1.42. The van der Waals surface area contributed by atoms with Crippen LogP contribution >= 0.6 is 0 Å². The number of carbonyl (C=O) groups excluding carboxylic acids is 2. The molecule has 0 bridgehead atoms. The van der Waals surface area contributed by atoms with E-state index in [0.717, 1.165) is 33.5 Å². The number of sulfonamides is 1. The lowest BCUT2D eigenvalue weighted by Crippen LogP contribution is -2.59. The summed E-state index contributed by atoms with van der Waals surface area (Å²) in [6.45, 7) is 5.96. The van der Waals surface area contributed by atoms with Gasteiger partial charge in [0.2, 0.25) is 5.28 Å². The highest BCUT2D eigenvalue weighted by molar-refractivity contribution is 7.90. The van der Waals surface area contributed by atoms with Crippen molar-refractivity contribution in [3.63, 3.8) is 0 Å². The SMILES string of the molecule is Cc1ccc(-c2cc(C(F)(F)F)nn2-c2ccc(S(=O)(=O)NC(=O)[C@@H]3CCN3/[N+]([O-])=N\OCOC(=O)OC(C)(C)C)cc2)cc1. The normalized spacial score (nSPS) is 15.7. The summed E-state index contributed by atoms with van der Waals surface area (Å²) in [6, 6.07) is 11.1. The maximum atomic E-state index is 13.5. The van der Waals surface area contributed by atoms with E-state index >= 15 is 0 Å². The van der Waals surface area contributed by atoms with E-state index in [2.05, 4.69) is 20.0 Å². The van der Waals surface area contributed by atoms with Gasteiger partial charge in [-0.15, -0.1) is 5.01 Å². The fourth-order valence-corrected chi connectivity index (χ4v) is 5.00. The molecule has 1 fully saturated rings. The first-order chi connectivity index (χ1) is 20.9. The lowest BCUT2D eigenvalue weighted by atomic mass is 10.1. The molecule has 1 N–H and O–H groups in total. The molecule has 0 spiro atoms. The first-order valence-corrected chi connectivity index (χ1v) is 14.8. The molecule has 1 aliphatic rings. The molecule has 45 heavy (non-hydrogen) atoms. The molecule has 0 unspecified atom stereocenters.